The Bertz CT molecular complexity index is 356. The molecule has 0 atom stereocenters. The van der Waals surface area contributed by atoms with E-state index in [1.807, 2.05) is 22.6 Å². The van der Waals surface area contributed by atoms with Crippen molar-refractivity contribution in [1.82, 2.24) is 4.98 Å². The largest absolute Gasteiger partial charge is 0.573 e. The molecule has 0 bridgehead atoms. The van der Waals surface area contributed by atoms with Gasteiger partial charge in [0, 0.05) is 0 Å². The van der Waals surface area contributed by atoms with Gasteiger partial charge in [0.1, 0.15) is 3.70 Å². The fourth-order valence-corrected chi connectivity index (χ4v) is 1.46. The van der Waals surface area contributed by atoms with Gasteiger partial charge in [-0.1, -0.05) is 11.6 Å². The molecule has 0 aliphatic carbocycles. The van der Waals surface area contributed by atoms with Gasteiger partial charge in [-0.05, 0) is 41.1 Å². The van der Waals surface area contributed by atoms with Crippen LogP contribution < -0.4 is 4.74 Å². The summed E-state index contributed by atoms with van der Waals surface area (Å²) < 4.78 is 39.7. The molecule has 0 aliphatic heterocycles. The van der Waals surface area contributed by atoms with E-state index in [2.05, 4.69) is 9.72 Å². The number of alkyl halides is 3. The van der Waals surface area contributed by atoms with E-state index in [1.165, 1.54) is 6.07 Å². The van der Waals surface area contributed by atoms with Crippen LogP contribution in [-0.4, -0.2) is 11.3 Å². The molecule has 0 aliphatic rings. The van der Waals surface area contributed by atoms with Crippen LogP contribution in [0.2, 0.25) is 5.15 Å². The zero-order chi connectivity index (χ0) is 10.9. The number of rotatable bonds is 1. The van der Waals surface area contributed by atoms with Crippen LogP contribution >= 0.6 is 34.2 Å². The van der Waals surface area contributed by atoms with Gasteiger partial charge in [0.25, 0.3) is 0 Å². The molecule has 0 aromatic carbocycles. The minimum atomic E-state index is -4.75. The van der Waals surface area contributed by atoms with Crippen LogP contribution in [0.3, 0.4) is 0 Å². The molecule has 14 heavy (non-hydrogen) atoms. The zero-order valence-corrected chi connectivity index (χ0v) is 9.74. The Morgan fingerprint density at radius 1 is 1.50 bits per heavy atom. The number of aromatic nitrogens is 1. The van der Waals surface area contributed by atoms with Gasteiger partial charge in [-0.2, -0.15) is 0 Å². The summed E-state index contributed by atoms with van der Waals surface area (Å²) >= 11 is 7.34. The predicted molar refractivity (Wildman–Crippen MR) is 53.4 cm³/mol. The molecule has 0 fully saturated rings. The summed E-state index contributed by atoms with van der Waals surface area (Å²) in [4.78, 5) is 3.68. The van der Waals surface area contributed by atoms with Crippen molar-refractivity contribution in [3.8, 4) is 5.75 Å². The van der Waals surface area contributed by atoms with E-state index >= 15 is 0 Å². The third kappa shape index (κ3) is 3.16. The number of hydrogen-bond acceptors (Lipinski definition) is 2. The highest BCUT2D eigenvalue weighted by atomic mass is 127. The number of aryl methyl sites for hydroxylation is 1. The molecule has 0 amide bonds. The predicted octanol–water partition coefficient (Wildman–Crippen LogP) is 3.55. The summed E-state index contributed by atoms with van der Waals surface area (Å²) in [6, 6.07) is 1.20. The van der Waals surface area contributed by atoms with E-state index in [0.29, 0.717) is 9.26 Å². The summed E-state index contributed by atoms with van der Waals surface area (Å²) in [5, 5.41) is -0.294. The van der Waals surface area contributed by atoms with Crippen molar-refractivity contribution >= 4 is 34.2 Å². The van der Waals surface area contributed by atoms with Gasteiger partial charge >= 0.3 is 6.36 Å². The number of pyridine rings is 1. The smallest absolute Gasteiger partial charge is 0.402 e. The average Bonchev–Trinajstić information content (AvgIpc) is 1.97. The van der Waals surface area contributed by atoms with E-state index < -0.39 is 12.1 Å². The topological polar surface area (TPSA) is 22.1 Å². The molecule has 1 heterocycles. The second-order valence-corrected chi connectivity index (χ2v) is 3.81. The monoisotopic (exact) mass is 337 g/mol. The zero-order valence-electron chi connectivity index (χ0n) is 6.82. The van der Waals surface area contributed by atoms with Gasteiger partial charge < -0.3 is 4.74 Å². The Kier molecular flexibility index (Phi) is 3.46. The van der Waals surface area contributed by atoms with Crippen LogP contribution in [0.1, 0.15) is 5.56 Å². The van der Waals surface area contributed by atoms with Crippen molar-refractivity contribution < 1.29 is 17.9 Å². The van der Waals surface area contributed by atoms with Gasteiger partial charge in [-0.3, -0.25) is 0 Å². The highest BCUT2D eigenvalue weighted by Gasteiger charge is 2.32. The lowest BCUT2D eigenvalue weighted by Crippen LogP contribution is -2.17. The van der Waals surface area contributed by atoms with E-state index in [0.717, 1.165) is 0 Å². The highest BCUT2D eigenvalue weighted by Crippen LogP contribution is 2.30. The maximum atomic E-state index is 11.8. The Morgan fingerprint density at radius 3 is 2.57 bits per heavy atom. The Morgan fingerprint density at radius 2 is 2.07 bits per heavy atom. The number of ether oxygens (including phenoxy) is 1. The maximum Gasteiger partial charge on any atom is 0.573 e. The summed E-state index contributed by atoms with van der Waals surface area (Å²) in [6.07, 6.45) is -4.75. The van der Waals surface area contributed by atoms with Gasteiger partial charge in [0.05, 0.1) is 0 Å². The standard InChI is InChI=1S/C7H4ClF3INO/c1-3-2-4(14-7(9,10)11)5(8)13-6(3)12/h2H,1H3. The third-order valence-electron chi connectivity index (χ3n) is 1.30. The first-order valence-electron chi connectivity index (χ1n) is 3.38. The Balaban J connectivity index is 3.04. The molecule has 7 heteroatoms. The van der Waals surface area contributed by atoms with E-state index in [-0.39, 0.29) is 5.15 Å². The minimum Gasteiger partial charge on any atom is -0.402 e. The summed E-state index contributed by atoms with van der Waals surface area (Å²) in [5.74, 6) is -0.475. The second-order valence-electron chi connectivity index (χ2n) is 2.43. The highest BCUT2D eigenvalue weighted by molar-refractivity contribution is 14.1. The molecule has 0 spiro atoms. The van der Waals surface area contributed by atoms with E-state index in [4.69, 9.17) is 11.6 Å². The fraction of sp³-hybridized carbons (Fsp3) is 0.286. The van der Waals surface area contributed by atoms with Crippen LogP contribution in [-0.2, 0) is 0 Å². The first-order chi connectivity index (χ1) is 6.29. The molecular formula is C7H4ClF3INO. The van der Waals surface area contributed by atoms with Gasteiger partial charge in [0.15, 0.2) is 10.9 Å². The molecule has 2 nitrogen and oxygen atoms in total. The molecule has 1 rings (SSSR count). The van der Waals surface area contributed by atoms with Crippen LogP contribution in [0.25, 0.3) is 0 Å². The van der Waals surface area contributed by atoms with E-state index in [1.54, 1.807) is 6.92 Å². The fourth-order valence-electron chi connectivity index (χ4n) is 0.741. The first-order valence-corrected chi connectivity index (χ1v) is 4.83. The van der Waals surface area contributed by atoms with Crippen molar-refractivity contribution in [2.45, 2.75) is 13.3 Å². The molecule has 1 aromatic rings. The summed E-state index contributed by atoms with van der Waals surface area (Å²) in [7, 11) is 0. The lowest BCUT2D eigenvalue weighted by Gasteiger charge is -2.10. The Hall–Kier alpha value is -0.240. The van der Waals surface area contributed by atoms with Crippen LogP contribution in [0.15, 0.2) is 6.07 Å². The SMILES string of the molecule is Cc1cc(OC(F)(F)F)c(Cl)nc1I. The normalized spacial score (nSPS) is 11.6. The van der Waals surface area contributed by atoms with Gasteiger partial charge in [0.2, 0.25) is 0 Å². The van der Waals surface area contributed by atoms with Crippen LogP contribution in [0.4, 0.5) is 13.2 Å². The van der Waals surface area contributed by atoms with Crippen molar-refractivity contribution in [2.24, 2.45) is 0 Å². The molecule has 0 radical (unpaired) electrons. The molecule has 78 valence electrons. The quantitative estimate of drug-likeness (QED) is 0.577. The third-order valence-corrected chi connectivity index (χ3v) is 2.66. The summed E-state index contributed by atoms with van der Waals surface area (Å²) in [6.45, 7) is 1.62. The molecular weight excluding hydrogens is 333 g/mol. The molecule has 0 N–H and O–H groups in total. The molecule has 0 unspecified atom stereocenters. The first kappa shape index (κ1) is 11.8. The van der Waals surface area contributed by atoms with Crippen molar-refractivity contribution in [3.63, 3.8) is 0 Å². The number of hydrogen-bond donors (Lipinski definition) is 0. The molecule has 1 aromatic heterocycles. The van der Waals surface area contributed by atoms with Crippen molar-refractivity contribution in [2.75, 3.05) is 0 Å². The Labute approximate surface area is 96.6 Å². The molecule has 0 saturated carbocycles. The summed E-state index contributed by atoms with van der Waals surface area (Å²) in [5.41, 5.74) is 0.578. The van der Waals surface area contributed by atoms with Gasteiger partial charge in [-0.25, -0.2) is 4.98 Å². The van der Waals surface area contributed by atoms with Crippen LogP contribution in [0, 0.1) is 10.6 Å². The lowest BCUT2D eigenvalue weighted by atomic mass is 10.3. The van der Waals surface area contributed by atoms with Gasteiger partial charge in [-0.15, -0.1) is 13.2 Å². The van der Waals surface area contributed by atoms with E-state index in [9.17, 15) is 13.2 Å². The molecule has 0 saturated heterocycles. The minimum absolute atomic E-state index is 0.294. The van der Waals surface area contributed by atoms with Crippen molar-refractivity contribution in [1.29, 1.82) is 0 Å². The maximum absolute atomic E-state index is 11.8. The van der Waals surface area contributed by atoms with Crippen molar-refractivity contribution in [3.05, 3.63) is 20.5 Å². The average molecular weight is 337 g/mol. The lowest BCUT2D eigenvalue weighted by molar-refractivity contribution is -0.274. The number of halogens is 5. The number of nitrogens with zero attached hydrogens (tertiary/aromatic N) is 1. The second kappa shape index (κ2) is 4.09. The van der Waals surface area contributed by atoms with Crippen LogP contribution in [0.5, 0.6) is 5.75 Å².